The Kier molecular flexibility index (Phi) is 17.8. The van der Waals surface area contributed by atoms with E-state index in [4.69, 9.17) is 18.1 Å². The Bertz CT molecular complexity index is 47.4. The number of nitrogens with one attached hydrogen (secondary N) is 2. The fourth-order valence-electron chi connectivity index (χ4n) is 0.433. The van der Waals surface area contributed by atoms with Crippen molar-refractivity contribution in [3.05, 3.63) is 6.92 Å². The van der Waals surface area contributed by atoms with E-state index in [9.17, 15) is 0 Å². The molecule has 0 atom stereocenters. The van der Waals surface area contributed by atoms with E-state index < -0.39 is 18.2 Å². The highest BCUT2D eigenvalue weighted by Gasteiger charge is 1.92. The topological polar surface area (TPSA) is 24.1 Å². The van der Waals surface area contributed by atoms with Crippen LogP contribution in [0.1, 0.15) is 6.42 Å². The molecule has 5 heteroatoms. The van der Waals surface area contributed by atoms with Gasteiger partial charge in [-0.3, -0.25) is 0 Å². The summed E-state index contributed by atoms with van der Waals surface area (Å²) in [6.45, 7) is 3.70. The summed E-state index contributed by atoms with van der Waals surface area (Å²) in [5.74, 6) is 0. The van der Waals surface area contributed by atoms with Crippen LogP contribution < -0.4 is 10.6 Å². The van der Waals surface area contributed by atoms with Gasteiger partial charge in [0.2, 0.25) is 0 Å². The van der Waals surface area contributed by atoms with E-state index in [2.05, 4.69) is 17.6 Å². The maximum absolute atomic E-state index is 4.90. The minimum Gasteiger partial charge on any atom is -0.309 e. The van der Waals surface area contributed by atoms with Gasteiger partial charge in [0.15, 0.2) is 0 Å². The van der Waals surface area contributed by atoms with Gasteiger partial charge in [-0.05, 0) is 20.5 Å². The van der Waals surface area contributed by atoms with Crippen LogP contribution in [0.3, 0.4) is 0 Å². The van der Waals surface area contributed by atoms with Gasteiger partial charge in [0.1, 0.15) is 0 Å². The van der Waals surface area contributed by atoms with E-state index in [1.807, 2.05) is 14.1 Å². The normalized spacial score (nSPS) is 8.20. The lowest BCUT2D eigenvalue weighted by molar-refractivity contribution is 0.499. The van der Waals surface area contributed by atoms with Crippen molar-refractivity contribution in [2.75, 3.05) is 14.1 Å². The van der Waals surface area contributed by atoms with E-state index in [0.717, 1.165) is 6.42 Å². The van der Waals surface area contributed by atoms with Gasteiger partial charge in [-0.15, -0.1) is 0 Å². The third-order valence-corrected chi connectivity index (χ3v) is 0.986. The van der Waals surface area contributed by atoms with Crippen molar-refractivity contribution in [2.24, 2.45) is 0 Å². The van der Waals surface area contributed by atoms with Crippen LogP contribution in [0.2, 0.25) is 0 Å². The maximum atomic E-state index is 4.90. The Hall–Kier alpha value is 1.27. The zero-order valence-corrected chi connectivity index (χ0v) is 9.38. The van der Waals surface area contributed by atoms with E-state index in [1.54, 1.807) is 0 Å². The minimum atomic E-state index is -0.639. The number of halogens is 2. The van der Waals surface area contributed by atoms with Gasteiger partial charge >= 0.3 is 18.2 Å². The molecule has 0 rings (SSSR count). The molecule has 0 aromatic rings. The van der Waals surface area contributed by atoms with Gasteiger partial charge in [-0.1, -0.05) is 6.92 Å². The first-order chi connectivity index (χ1) is 4.76. The molecule has 0 saturated carbocycles. The molecule has 0 aromatic carbocycles. The lowest BCUT2D eigenvalue weighted by Gasteiger charge is -2.10. The summed E-state index contributed by atoms with van der Waals surface area (Å²) in [6, 6.07) is 0. The Labute approximate surface area is 80.3 Å². The molecule has 0 bridgehead atoms. The second-order valence-electron chi connectivity index (χ2n) is 1.52. The average Bonchev–Trinajstić information content (AvgIpc) is 1.93. The van der Waals surface area contributed by atoms with Crippen molar-refractivity contribution in [3.8, 4) is 0 Å². The molecule has 0 aliphatic heterocycles. The highest BCUT2D eigenvalue weighted by Crippen LogP contribution is 1.77. The number of rotatable bonds is 3. The molecule has 0 aliphatic rings. The van der Waals surface area contributed by atoms with Gasteiger partial charge in [-0.25, -0.2) is 0 Å². The van der Waals surface area contributed by atoms with Crippen molar-refractivity contribution < 1.29 is 0 Å². The van der Waals surface area contributed by atoms with Crippen LogP contribution >= 0.6 is 18.1 Å². The fourth-order valence-corrected chi connectivity index (χ4v) is 0.433. The summed E-state index contributed by atoms with van der Waals surface area (Å²) in [6.07, 6.45) is 1.26. The van der Waals surface area contributed by atoms with E-state index >= 15 is 0 Å². The Morgan fingerprint density at radius 2 is 1.70 bits per heavy atom. The van der Waals surface area contributed by atoms with Crippen molar-refractivity contribution in [2.45, 2.75) is 12.6 Å². The number of hydrogen-bond acceptors (Lipinski definition) is 2. The summed E-state index contributed by atoms with van der Waals surface area (Å²) >= 11 is -0.639. The summed E-state index contributed by atoms with van der Waals surface area (Å²) in [5, 5.41) is 6.06. The molecule has 0 aliphatic carbocycles. The maximum Gasteiger partial charge on any atom is 0.618 e. The van der Waals surface area contributed by atoms with Crippen LogP contribution in [-0.4, -0.2) is 38.4 Å². The molecule has 10 heavy (non-hydrogen) atoms. The van der Waals surface area contributed by atoms with Crippen molar-refractivity contribution in [1.82, 2.24) is 10.6 Å². The van der Waals surface area contributed by atoms with Crippen LogP contribution in [0.4, 0.5) is 0 Å². The smallest absolute Gasteiger partial charge is 0.309 e. The molecule has 0 saturated heterocycles. The van der Waals surface area contributed by atoms with E-state index in [-0.39, 0.29) is 0 Å². The number of hydrogen-bond donors (Lipinski definition) is 2. The Morgan fingerprint density at radius 3 is 1.70 bits per heavy atom. The zero-order chi connectivity index (χ0) is 8.41. The zero-order valence-electron chi connectivity index (χ0n) is 6.45. The van der Waals surface area contributed by atoms with Crippen molar-refractivity contribution >= 4 is 36.3 Å². The molecule has 59 valence electrons. The molecule has 2 nitrogen and oxygen atoms in total. The predicted molar refractivity (Wildman–Crippen MR) is 49.3 cm³/mol. The lowest BCUT2D eigenvalue weighted by Crippen LogP contribution is -2.36. The Balaban J connectivity index is 0. The van der Waals surface area contributed by atoms with Crippen molar-refractivity contribution in [1.29, 1.82) is 0 Å². The minimum absolute atomic E-state index is 0.375. The lowest BCUT2D eigenvalue weighted by atomic mass is 10.4. The second kappa shape index (κ2) is 12.9. The molecule has 2 N–H and O–H groups in total. The quantitative estimate of drug-likeness (QED) is 0.519. The van der Waals surface area contributed by atoms with Crippen LogP contribution in [-0.2, 0) is 0 Å². The standard InChI is InChI=1S/C5H13N2.2ClH.Mg/c1-4-5(6-2)7-3;;;/h5-7H,1,4H2,2-3H3;2*1H;/q;;;+2/p-2. The summed E-state index contributed by atoms with van der Waals surface area (Å²) in [7, 11) is 13.6. The molecule has 0 amide bonds. The van der Waals surface area contributed by atoms with Crippen molar-refractivity contribution in [3.63, 3.8) is 0 Å². The van der Waals surface area contributed by atoms with Gasteiger partial charge < -0.3 is 28.8 Å². The summed E-state index contributed by atoms with van der Waals surface area (Å²) in [5.41, 5.74) is 0. The fraction of sp³-hybridized carbons (Fsp3) is 0.800. The predicted octanol–water partition coefficient (Wildman–Crippen LogP) is 0.974. The first-order valence-electron chi connectivity index (χ1n) is 3.02. The van der Waals surface area contributed by atoms with E-state index in [0.29, 0.717) is 6.17 Å². The van der Waals surface area contributed by atoms with Crippen LogP contribution in [0.25, 0.3) is 0 Å². The first-order valence-corrected chi connectivity index (χ1v) is 7.30. The average molecular weight is 196 g/mol. The molecule has 0 fully saturated rings. The van der Waals surface area contributed by atoms with Crippen LogP contribution in [0.15, 0.2) is 0 Å². The van der Waals surface area contributed by atoms with Gasteiger partial charge in [0, 0.05) is 0 Å². The molecule has 0 unspecified atom stereocenters. The van der Waals surface area contributed by atoms with Crippen LogP contribution in [0.5, 0.6) is 0 Å². The molecular weight excluding hydrogens is 183 g/mol. The van der Waals surface area contributed by atoms with Crippen LogP contribution in [0, 0.1) is 6.92 Å². The van der Waals surface area contributed by atoms with Gasteiger partial charge in [-0.2, -0.15) is 0 Å². The SMILES string of the molecule is [CH2]CC(NC)NC.[Cl][Mg][Cl]. The highest BCUT2D eigenvalue weighted by molar-refractivity contribution is 7.22. The third-order valence-electron chi connectivity index (χ3n) is 0.986. The molecular formula is C5H13Cl2MgN2. The monoisotopic (exact) mass is 195 g/mol. The third kappa shape index (κ3) is 12.0. The van der Waals surface area contributed by atoms with E-state index in [1.165, 1.54) is 0 Å². The van der Waals surface area contributed by atoms with Gasteiger partial charge in [0.25, 0.3) is 0 Å². The summed E-state index contributed by atoms with van der Waals surface area (Å²) in [4.78, 5) is 0. The Morgan fingerprint density at radius 1 is 1.40 bits per heavy atom. The molecule has 0 aromatic heterocycles. The highest BCUT2D eigenvalue weighted by atomic mass is 35.6. The van der Waals surface area contributed by atoms with Gasteiger partial charge in [0.05, 0.1) is 6.17 Å². The molecule has 0 spiro atoms. The largest absolute Gasteiger partial charge is 0.618 e. The summed E-state index contributed by atoms with van der Waals surface area (Å²) < 4.78 is 0. The molecule has 0 heterocycles. The second-order valence-corrected chi connectivity index (χ2v) is 4.15. The first kappa shape index (κ1) is 13.8. The molecule has 1 radical (unpaired) electrons.